The van der Waals surface area contributed by atoms with Crippen molar-refractivity contribution in [2.75, 3.05) is 0 Å². The number of oxime groups is 1. The quantitative estimate of drug-likeness (QED) is 0.482. The Morgan fingerprint density at radius 2 is 2.14 bits per heavy atom. The summed E-state index contributed by atoms with van der Waals surface area (Å²) in [5, 5.41) is 14.6. The number of non-ortho nitro benzene ring substituents is 1. The fourth-order valence-electron chi connectivity index (χ4n) is 1.98. The van der Waals surface area contributed by atoms with Crippen molar-refractivity contribution < 1.29 is 9.76 Å². The summed E-state index contributed by atoms with van der Waals surface area (Å²) < 4.78 is 2.07. The minimum atomic E-state index is -0.428. The summed E-state index contributed by atoms with van der Waals surface area (Å²) in [4.78, 5) is 15.4. The number of nitro benzene ring substituents is 1. The molecule has 21 heavy (non-hydrogen) atoms. The normalized spacial score (nSPS) is 11.0. The van der Waals surface area contributed by atoms with Gasteiger partial charge >= 0.3 is 0 Å². The Morgan fingerprint density at radius 3 is 2.76 bits per heavy atom. The standard InChI is InChI=1S/C15H17N3O3/c1-11-7-14(12(2)17(11)3)9-16-21-10-13-5-4-6-15(8-13)18(19)20/h4-9H,10H2,1-3H3/b16-9-. The van der Waals surface area contributed by atoms with Crippen molar-refractivity contribution in [1.29, 1.82) is 0 Å². The van der Waals surface area contributed by atoms with E-state index in [0.29, 0.717) is 5.56 Å². The Kier molecular flexibility index (Phi) is 4.37. The second-order valence-electron chi connectivity index (χ2n) is 4.82. The van der Waals surface area contributed by atoms with Gasteiger partial charge in [0.1, 0.15) is 6.61 Å². The largest absolute Gasteiger partial charge is 0.391 e. The predicted octanol–water partition coefficient (Wildman–Crippen LogP) is 3.10. The number of nitrogens with zero attached hydrogens (tertiary/aromatic N) is 3. The minimum absolute atomic E-state index is 0.0506. The van der Waals surface area contributed by atoms with Crippen LogP contribution in [0.1, 0.15) is 22.5 Å². The van der Waals surface area contributed by atoms with Crippen molar-refractivity contribution in [3.8, 4) is 0 Å². The zero-order valence-electron chi connectivity index (χ0n) is 12.2. The van der Waals surface area contributed by atoms with Crippen molar-refractivity contribution in [3.05, 3.63) is 63.0 Å². The van der Waals surface area contributed by atoms with Crippen molar-refractivity contribution >= 4 is 11.9 Å². The molecule has 0 aliphatic heterocycles. The molecule has 2 aromatic rings. The molecule has 0 spiro atoms. The second-order valence-corrected chi connectivity index (χ2v) is 4.82. The highest BCUT2D eigenvalue weighted by Crippen LogP contribution is 2.14. The molecular formula is C15H17N3O3. The van der Waals surface area contributed by atoms with Gasteiger partial charge in [0, 0.05) is 36.1 Å². The molecule has 0 atom stereocenters. The smallest absolute Gasteiger partial charge is 0.269 e. The Labute approximate surface area is 122 Å². The lowest BCUT2D eigenvalue weighted by molar-refractivity contribution is -0.384. The highest BCUT2D eigenvalue weighted by molar-refractivity contribution is 5.81. The van der Waals surface area contributed by atoms with Crippen LogP contribution in [-0.2, 0) is 18.5 Å². The van der Waals surface area contributed by atoms with Gasteiger partial charge in [-0.3, -0.25) is 10.1 Å². The molecule has 0 unspecified atom stereocenters. The van der Waals surface area contributed by atoms with E-state index in [1.54, 1.807) is 18.3 Å². The monoisotopic (exact) mass is 287 g/mol. The fraction of sp³-hybridized carbons (Fsp3) is 0.267. The third-order valence-corrected chi connectivity index (χ3v) is 3.43. The first-order valence-corrected chi connectivity index (χ1v) is 6.50. The molecule has 6 nitrogen and oxygen atoms in total. The molecule has 2 rings (SSSR count). The maximum atomic E-state index is 10.7. The van der Waals surface area contributed by atoms with Gasteiger partial charge in [0.05, 0.1) is 11.1 Å². The molecule has 1 heterocycles. The lowest BCUT2D eigenvalue weighted by atomic mass is 10.2. The number of aromatic nitrogens is 1. The average molecular weight is 287 g/mol. The first kappa shape index (κ1) is 14.8. The predicted molar refractivity (Wildman–Crippen MR) is 80.4 cm³/mol. The maximum Gasteiger partial charge on any atom is 0.269 e. The van der Waals surface area contributed by atoms with Crippen molar-refractivity contribution in [1.82, 2.24) is 4.57 Å². The minimum Gasteiger partial charge on any atom is -0.391 e. The fourth-order valence-corrected chi connectivity index (χ4v) is 1.98. The van der Waals surface area contributed by atoms with Gasteiger partial charge in [-0.05, 0) is 25.5 Å². The first-order valence-electron chi connectivity index (χ1n) is 6.50. The van der Waals surface area contributed by atoms with Gasteiger partial charge in [0.2, 0.25) is 0 Å². The number of rotatable bonds is 5. The molecule has 0 radical (unpaired) electrons. The third-order valence-electron chi connectivity index (χ3n) is 3.43. The molecular weight excluding hydrogens is 270 g/mol. The van der Waals surface area contributed by atoms with Gasteiger partial charge < -0.3 is 9.40 Å². The molecule has 0 saturated heterocycles. The Bertz CT molecular complexity index is 689. The summed E-state index contributed by atoms with van der Waals surface area (Å²) in [7, 11) is 1.99. The molecule has 1 aromatic carbocycles. The topological polar surface area (TPSA) is 69.7 Å². The van der Waals surface area contributed by atoms with Gasteiger partial charge in [-0.2, -0.15) is 0 Å². The van der Waals surface area contributed by atoms with E-state index in [9.17, 15) is 10.1 Å². The van der Waals surface area contributed by atoms with E-state index >= 15 is 0 Å². The molecule has 0 amide bonds. The molecule has 6 heteroatoms. The summed E-state index contributed by atoms with van der Waals surface area (Å²) in [6.07, 6.45) is 1.65. The number of benzene rings is 1. The summed E-state index contributed by atoms with van der Waals surface area (Å²) in [5.74, 6) is 0. The summed E-state index contributed by atoms with van der Waals surface area (Å²) in [6.45, 7) is 4.23. The van der Waals surface area contributed by atoms with Crippen molar-refractivity contribution in [2.24, 2.45) is 12.2 Å². The summed E-state index contributed by atoms with van der Waals surface area (Å²) in [5.41, 5.74) is 4.01. The van der Waals surface area contributed by atoms with Gasteiger partial charge in [-0.25, -0.2) is 0 Å². The molecule has 110 valence electrons. The Morgan fingerprint density at radius 1 is 1.38 bits per heavy atom. The number of aryl methyl sites for hydroxylation is 1. The zero-order chi connectivity index (χ0) is 15.4. The van der Waals surface area contributed by atoms with Gasteiger partial charge in [-0.15, -0.1) is 0 Å². The molecule has 0 bridgehead atoms. The molecule has 0 aliphatic rings. The highest BCUT2D eigenvalue weighted by Gasteiger charge is 2.06. The van der Waals surface area contributed by atoms with Crippen LogP contribution in [0.4, 0.5) is 5.69 Å². The van der Waals surface area contributed by atoms with E-state index in [4.69, 9.17) is 4.84 Å². The van der Waals surface area contributed by atoms with Crippen LogP contribution < -0.4 is 0 Å². The number of nitro groups is 1. The number of hydrogen-bond donors (Lipinski definition) is 0. The van der Waals surface area contributed by atoms with Crippen LogP contribution in [0.5, 0.6) is 0 Å². The molecule has 0 fully saturated rings. The lowest BCUT2D eigenvalue weighted by Gasteiger charge is -2.00. The van der Waals surface area contributed by atoms with Crippen molar-refractivity contribution in [3.63, 3.8) is 0 Å². The van der Waals surface area contributed by atoms with Gasteiger partial charge in [-0.1, -0.05) is 17.3 Å². The van der Waals surface area contributed by atoms with Gasteiger partial charge in [0.15, 0.2) is 0 Å². The lowest BCUT2D eigenvalue weighted by Crippen LogP contribution is -1.94. The molecule has 1 aromatic heterocycles. The van der Waals surface area contributed by atoms with Crippen LogP contribution in [0.25, 0.3) is 0 Å². The van der Waals surface area contributed by atoms with E-state index < -0.39 is 4.92 Å². The SMILES string of the molecule is Cc1cc(/C=N\OCc2cccc([N+](=O)[O-])c2)c(C)n1C. The van der Waals surface area contributed by atoms with Crippen LogP contribution in [0.3, 0.4) is 0 Å². The van der Waals surface area contributed by atoms with Crippen LogP contribution >= 0.6 is 0 Å². The van der Waals surface area contributed by atoms with E-state index in [2.05, 4.69) is 9.72 Å². The number of hydrogen-bond acceptors (Lipinski definition) is 4. The van der Waals surface area contributed by atoms with E-state index in [1.165, 1.54) is 12.1 Å². The first-order chi connectivity index (χ1) is 9.99. The zero-order valence-corrected chi connectivity index (χ0v) is 12.2. The van der Waals surface area contributed by atoms with Gasteiger partial charge in [0.25, 0.3) is 5.69 Å². The van der Waals surface area contributed by atoms with Crippen LogP contribution in [-0.4, -0.2) is 15.7 Å². The van der Waals surface area contributed by atoms with Crippen LogP contribution in [0, 0.1) is 24.0 Å². The molecule has 0 N–H and O–H groups in total. The van der Waals surface area contributed by atoms with E-state index in [1.807, 2.05) is 27.0 Å². The third kappa shape index (κ3) is 3.47. The van der Waals surface area contributed by atoms with Crippen LogP contribution in [0.15, 0.2) is 35.5 Å². The maximum absolute atomic E-state index is 10.7. The second kappa shape index (κ2) is 6.21. The summed E-state index contributed by atoms with van der Waals surface area (Å²) >= 11 is 0. The average Bonchev–Trinajstić information content (AvgIpc) is 2.71. The highest BCUT2D eigenvalue weighted by atomic mass is 16.6. The van der Waals surface area contributed by atoms with E-state index in [-0.39, 0.29) is 12.3 Å². The summed E-state index contributed by atoms with van der Waals surface area (Å²) in [6, 6.07) is 8.34. The molecule has 0 saturated carbocycles. The van der Waals surface area contributed by atoms with E-state index in [0.717, 1.165) is 17.0 Å². The van der Waals surface area contributed by atoms with Crippen LogP contribution in [0.2, 0.25) is 0 Å². The van der Waals surface area contributed by atoms with Crippen molar-refractivity contribution in [2.45, 2.75) is 20.5 Å². The molecule has 0 aliphatic carbocycles. The Balaban J connectivity index is 1.98. The Hall–Kier alpha value is -2.63.